The summed E-state index contributed by atoms with van der Waals surface area (Å²) in [5.74, 6) is 1.79. The van der Waals surface area contributed by atoms with Crippen LogP contribution in [0, 0.1) is 11.8 Å². The molecule has 5 rings (SSSR count). The van der Waals surface area contributed by atoms with Crippen molar-refractivity contribution in [2.75, 3.05) is 49.6 Å². The van der Waals surface area contributed by atoms with Gasteiger partial charge >= 0.3 is 0 Å². The van der Waals surface area contributed by atoms with Crippen molar-refractivity contribution in [2.24, 2.45) is 11.8 Å². The number of anilines is 2. The lowest BCUT2D eigenvalue weighted by atomic mass is 9.99. The second-order valence-electron chi connectivity index (χ2n) is 8.90. The number of ether oxygens (including phenoxy) is 2. The first-order chi connectivity index (χ1) is 16.2. The molecule has 0 saturated carbocycles. The molecule has 3 aliphatic heterocycles. The van der Waals surface area contributed by atoms with Crippen LogP contribution >= 0.6 is 0 Å². The number of hydrogen-bond donors (Lipinski definition) is 1. The van der Waals surface area contributed by atoms with Crippen LogP contribution in [0.1, 0.15) is 19.3 Å². The van der Waals surface area contributed by atoms with E-state index >= 15 is 0 Å². The van der Waals surface area contributed by atoms with E-state index in [9.17, 15) is 9.59 Å². The summed E-state index contributed by atoms with van der Waals surface area (Å²) in [5.41, 5.74) is 0.744. The number of carbonyl (C=O) groups is 2. The Hall–Kier alpha value is -3.20. The van der Waals surface area contributed by atoms with E-state index in [1.165, 1.54) is 0 Å². The zero-order chi connectivity index (χ0) is 22.6. The summed E-state index contributed by atoms with van der Waals surface area (Å²) >= 11 is 0. The molecule has 174 valence electrons. The van der Waals surface area contributed by atoms with Gasteiger partial charge in [-0.15, -0.1) is 5.10 Å². The zero-order valence-electron chi connectivity index (χ0n) is 18.6. The molecule has 3 fully saturated rings. The van der Waals surface area contributed by atoms with Crippen molar-refractivity contribution in [2.45, 2.75) is 25.4 Å². The van der Waals surface area contributed by atoms with E-state index in [0.29, 0.717) is 32.8 Å². The number of nitrogens with one attached hydrogen (secondary N) is 1. The minimum atomic E-state index is -0.0688. The molecule has 2 amide bonds. The van der Waals surface area contributed by atoms with Crippen LogP contribution in [0.15, 0.2) is 42.6 Å². The number of hydrogen-bond acceptors (Lipinski definition) is 7. The molecule has 3 saturated heterocycles. The van der Waals surface area contributed by atoms with Crippen LogP contribution in [0.2, 0.25) is 0 Å². The third-order valence-electron chi connectivity index (χ3n) is 6.59. The highest BCUT2D eigenvalue weighted by molar-refractivity contribution is 5.94. The van der Waals surface area contributed by atoms with E-state index in [1.54, 1.807) is 6.20 Å². The topological polar surface area (TPSA) is 96.9 Å². The fourth-order valence-corrected chi connectivity index (χ4v) is 4.57. The Balaban J connectivity index is 1.07. The van der Waals surface area contributed by atoms with Crippen LogP contribution in [-0.4, -0.2) is 72.4 Å². The number of nitrogens with zero attached hydrogens (tertiary/aromatic N) is 4. The Morgan fingerprint density at radius 3 is 2.52 bits per heavy atom. The fourth-order valence-electron chi connectivity index (χ4n) is 4.57. The van der Waals surface area contributed by atoms with E-state index in [2.05, 4.69) is 15.5 Å². The Labute approximate surface area is 193 Å². The molecule has 2 aromatic rings. The summed E-state index contributed by atoms with van der Waals surface area (Å²) in [4.78, 5) is 29.2. The molecule has 33 heavy (non-hydrogen) atoms. The molecule has 0 spiro atoms. The number of likely N-dealkylation sites (tertiary alicyclic amines) is 1. The Morgan fingerprint density at radius 1 is 1.00 bits per heavy atom. The van der Waals surface area contributed by atoms with Gasteiger partial charge in [0.25, 0.3) is 0 Å². The van der Waals surface area contributed by atoms with Crippen molar-refractivity contribution in [3.05, 3.63) is 42.6 Å². The lowest BCUT2D eigenvalue weighted by molar-refractivity contribution is -0.137. The highest BCUT2D eigenvalue weighted by Crippen LogP contribution is 2.26. The van der Waals surface area contributed by atoms with Gasteiger partial charge in [0, 0.05) is 57.1 Å². The third-order valence-corrected chi connectivity index (χ3v) is 6.59. The zero-order valence-corrected chi connectivity index (χ0v) is 18.6. The molecule has 0 radical (unpaired) electrons. The largest absolute Gasteiger partial charge is 0.489 e. The average molecular weight is 452 g/mol. The van der Waals surface area contributed by atoms with E-state index in [0.717, 1.165) is 43.1 Å². The average Bonchev–Trinajstić information content (AvgIpc) is 3.29. The quantitative estimate of drug-likeness (QED) is 0.717. The third kappa shape index (κ3) is 5.08. The molecule has 1 aromatic carbocycles. The second kappa shape index (κ2) is 9.74. The lowest BCUT2D eigenvalue weighted by Crippen LogP contribution is -2.52. The van der Waals surface area contributed by atoms with Crippen LogP contribution in [0.5, 0.6) is 5.75 Å². The van der Waals surface area contributed by atoms with Gasteiger partial charge in [0.2, 0.25) is 11.8 Å². The van der Waals surface area contributed by atoms with Crippen molar-refractivity contribution in [3.63, 3.8) is 0 Å². The molecule has 1 N–H and O–H groups in total. The van der Waals surface area contributed by atoms with Crippen molar-refractivity contribution >= 4 is 23.3 Å². The maximum absolute atomic E-state index is 12.7. The molecule has 4 heterocycles. The maximum Gasteiger partial charge on any atom is 0.231 e. The predicted molar refractivity (Wildman–Crippen MR) is 122 cm³/mol. The predicted octanol–water partition coefficient (Wildman–Crippen LogP) is 1.96. The van der Waals surface area contributed by atoms with E-state index < -0.39 is 0 Å². The van der Waals surface area contributed by atoms with Crippen LogP contribution in [0.3, 0.4) is 0 Å². The Morgan fingerprint density at radius 2 is 1.79 bits per heavy atom. The van der Waals surface area contributed by atoms with E-state index in [4.69, 9.17) is 9.47 Å². The van der Waals surface area contributed by atoms with Crippen molar-refractivity contribution < 1.29 is 19.1 Å². The van der Waals surface area contributed by atoms with Gasteiger partial charge in [-0.2, -0.15) is 5.10 Å². The van der Waals surface area contributed by atoms with Crippen LogP contribution in [0.25, 0.3) is 0 Å². The Bertz CT molecular complexity index is 959. The van der Waals surface area contributed by atoms with E-state index in [1.807, 2.05) is 46.2 Å². The van der Waals surface area contributed by atoms with Gasteiger partial charge in [-0.05, 0) is 49.2 Å². The van der Waals surface area contributed by atoms with Gasteiger partial charge in [0.05, 0.1) is 12.5 Å². The maximum atomic E-state index is 12.7. The fraction of sp³-hybridized carbons (Fsp3) is 0.500. The first-order valence-electron chi connectivity index (χ1n) is 11.6. The molecule has 0 unspecified atom stereocenters. The number of carbonyl (C=O) groups excluding carboxylic acids is 2. The standard InChI is InChI=1S/C24H29N5O4/c30-23(18-14-29(15-18)22-2-1-10-25-27-22)26-19-3-5-20(6-4-19)33-21-7-11-28(16-21)24(31)17-8-12-32-13-9-17/h1-6,10,17-18,21H,7-9,11-16H2,(H,26,30)/t21-/m1/s1. The van der Waals surface area contributed by atoms with Crippen molar-refractivity contribution in [1.82, 2.24) is 15.1 Å². The van der Waals surface area contributed by atoms with Gasteiger partial charge in [0.15, 0.2) is 5.82 Å². The lowest BCUT2D eigenvalue weighted by Gasteiger charge is -2.38. The molecule has 9 nitrogen and oxygen atoms in total. The molecule has 0 aliphatic carbocycles. The SMILES string of the molecule is O=C(Nc1ccc(O[C@@H]2CCN(C(=O)C3CCOCC3)C2)cc1)C1CN(c2cccnn2)C1. The minimum absolute atomic E-state index is 0.00173. The second-order valence-corrected chi connectivity index (χ2v) is 8.90. The van der Waals surface area contributed by atoms with Gasteiger partial charge in [0.1, 0.15) is 11.9 Å². The summed E-state index contributed by atoms with van der Waals surface area (Å²) in [7, 11) is 0. The summed E-state index contributed by atoms with van der Waals surface area (Å²) < 4.78 is 11.5. The Kier molecular flexibility index (Phi) is 6.39. The van der Waals surface area contributed by atoms with Crippen LogP contribution in [-0.2, 0) is 14.3 Å². The normalized spacial score (nSPS) is 21.5. The number of rotatable bonds is 6. The monoisotopic (exact) mass is 451 g/mol. The van der Waals surface area contributed by atoms with Gasteiger partial charge in [-0.25, -0.2) is 0 Å². The van der Waals surface area contributed by atoms with Gasteiger partial charge in [-0.1, -0.05) is 0 Å². The smallest absolute Gasteiger partial charge is 0.231 e. The van der Waals surface area contributed by atoms with Gasteiger partial charge < -0.3 is 24.6 Å². The molecule has 3 aliphatic rings. The highest BCUT2D eigenvalue weighted by Gasteiger charge is 2.34. The molecule has 1 atom stereocenters. The summed E-state index contributed by atoms with van der Waals surface area (Å²) in [6, 6.07) is 11.2. The minimum Gasteiger partial charge on any atom is -0.489 e. The molecule has 1 aromatic heterocycles. The van der Waals surface area contributed by atoms with Crippen molar-refractivity contribution in [1.29, 1.82) is 0 Å². The van der Waals surface area contributed by atoms with Crippen LogP contribution in [0.4, 0.5) is 11.5 Å². The van der Waals surface area contributed by atoms with E-state index in [-0.39, 0.29) is 29.8 Å². The number of aromatic nitrogens is 2. The van der Waals surface area contributed by atoms with Crippen molar-refractivity contribution in [3.8, 4) is 5.75 Å². The summed E-state index contributed by atoms with van der Waals surface area (Å²) in [6.45, 7) is 3.98. The first-order valence-corrected chi connectivity index (χ1v) is 11.6. The first kappa shape index (κ1) is 21.6. The molecular formula is C24H29N5O4. The number of benzene rings is 1. The molecule has 0 bridgehead atoms. The molecule has 9 heteroatoms. The summed E-state index contributed by atoms with van der Waals surface area (Å²) in [5, 5.41) is 10.9. The molecular weight excluding hydrogens is 422 g/mol. The summed E-state index contributed by atoms with van der Waals surface area (Å²) in [6.07, 6.45) is 4.09. The highest BCUT2D eigenvalue weighted by atomic mass is 16.5. The van der Waals surface area contributed by atoms with Crippen LogP contribution < -0.4 is 15.0 Å². The van der Waals surface area contributed by atoms with Gasteiger partial charge in [-0.3, -0.25) is 9.59 Å². The number of amides is 2.